The monoisotopic (exact) mass is 293 g/mol. The van der Waals surface area contributed by atoms with Gasteiger partial charge in [-0.3, -0.25) is 10.1 Å². The van der Waals surface area contributed by atoms with Gasteiger partial charge in [0.25, 0.3) is 5.69 Å². The number of aromatic nitrogens is 2. The largest absolute Gasteiger partial charge is 0.426 e. The van der Waals surface area contributed by atoms with E-state index in [1.54, 1.807) is 19.1 Å². The first-order valence-corrected chi connectivity index (χ1v) is 6.49. The topological polar surface area (TPSA) is 81.2 Å². The summed E-state index contributed by atoms with van der Waals surface area (Å²) >= 11 is 0. The zero-order chi connectivity index (χ0) is 15.7. The van der Waals surface area contributed by atoms with E-state index in [-0.39, 0.29) is 5.69 Å². The Morgan fingerprint density at radius 1 is 1.23 bits per heavy atom. The molecule has 0 aliphatic heterocycles. The maximum Gasteiger partial charge on any atom is 0.271 e. The first-order valence-electron chi connectivity index (χ1n) is 6.49. The van der Waals surface area contributed by atoms with Gasteiger partial charge in [-0.1, -0.05) is 5.92 Å². The first kappa shape index (κ1) is 13.6. The maximum atomic E-state index is 10.8. The molecule has 0 bridgehead atoms. The van der Waals surface area contributed by atoms with Crippen LogP contribution in [0.1, 0.15) is 12.5 Å². The summed E-state index contributed by atoms with van der Waals surface area (Å²) in [4.78, 5) is 14.6. The Kier molecular flexibility index (Phi) is 3.24. The number of non-ortho nitro benzene ring substituents is 1. The molecule has 0 amide bonds. The molecule has 0 spiro atoms. The van der Waals surface area contributed by atoms with Gasteiger partial charge in [0, 0.05) is 23.3 Å². The molecule has 108 valence electrons. The minimum Gasteiger partial charge on any atom is -0.426 e. The van der Waals surface area contributed by atoms with Gasteiger partial charge in [-0.15, -0.1) is 5.92 Å². The van der Waals surface area contributed by atoms with E-state index in [0.29, 0.717) is 22.4 Å². The molecular formula is C16H11N3O3. The Hall–Kier alpha value is -3.33. The van der Waals surface area contributed by atoms with Crippen LogP contribution in [0.3, 0.4) is 0 Å². The molecule has 0 saturated heterocycles. The number of nitrogens with zero attached hydrogens (tertiary/aromatic N) is 3. The van der Waals surface area contributed by atoms with Crippen LogP contribution in [-0.4, -0.2) is 19.8 Å². The van der Waals surface area contributed by atoms with Gasteiger partial charge < -0.3 is 5.21 Å². The smallest absolute Gasteiger partial charge is 0.271 e. The van der Waals surface area contributed by atoms with Crippen LogP contribution in [0.15, 0.2) is 42.5 Å². The lowest BCUT2D eigenvalue weighted by molar-refractivity contribution is -0.384. The Morgan fingerprint density at radius 2 is 1.95 bits per heavy atom. The van der Waals surface area contributed by atoms with Gasteiger partial charge in [0.15, 0.2) is 5.82 Å². The predicted octanol–water partition coefficient (Wildman–Crippen LogP) is 3.22. The Bertz CT molecular complexity index is 931. The molecule has 0 atom stereocenters. The van der Waals surface area contributed by atoms with Crippen molar-refractivity contribution in [3.63, 3.8) is 0 Å². The highest BCUT2D eigenvalue weighted by molar-refractivity contribution is 5.82. The van der Waals surface area contributed by atoms with Crippen LogP contribution in [0, 0.1) is 22.0 Å². The molecule has 0 aliphatic rings. The molecule has 1 aromatic heterocycles. The van der Waals surface area contributed by atoms with Crippen molar-refractivity contribution in [1.29, 1.82) is 0 Å². The lowest BCUT2D eigenvalue weighted by Crippen LogP contribution is -1.95. The molecule has 6 nitrogen and oxygen atoms in total. The van der Waals surface area contributed by atoms with Crippen molar-refractivity contribution < 1.29 is 10.1 Å². The number of nitro benzene ring substituents is 1. The molecule has 3 rings (SSSR count). The van der Waals surface area contributed by atoms with Crippen LogP contribution in [-0.2, 0) is 0 Å². The van der Waals surface area contributed by atoms with E-state index in [1.807, 2.05) is 12.1 Å². The van der Waals surface area contributed by atoms with E-state index in [0.717, 1.165) is 10.3 Å². The van der Waals surface area contributed by atoms with Gasteiger partial charge in [0.1, 0.15) is 5.52 Å². The third kappa shape index (κ3) is 2.25. The van der Waals surface area contributed by atoms with Crippen molar-refractivity contribution in [2.75, 3.05) is 0 Å². The minimum absolute atomic E-state index is 0.0946. The number of nitro groups is 1. The molecule has 2 aromatic carbocycles. The van der Waals surface area contributed by atoms with Gasteiger partial charge in [0.2, 0.25) is 0 Å². The minimum atomic E-state index is -0.510. The molecule has 6 heteroatoms. The van der Waals surface area contributed by atoms with Crippen LogP contribution in [0.4, 0.5) is 5.69 Å². The summed E-state index contributed by atoms with van der Waals surface area (Å²) < 4.78 is 0.864. The van der Waals surface area contributed by atoms with Gasteiger partial charge in [-0.25, -0.2) is 4.98 Å². The van der Waals surface area contributed by atoms with Gasteiger partial charge in [-0.05, 0) is 37.3 Å². The van der Waals surface area contributed by atoms with E-state index >= 15 is 0 Å². The van der Waals surface area contributed by atoms with Gasteiger partial charge >= 0.3 is 0 Å². The van der Waals surface area contributed by atoms with Crippen molar-refractivity contribution in [2.24, 2.45) is 0 Å². The highest BCUT2D eigenvalue weighted by Crippen LogP contribution is 2.26. The highest BCUT2D eigenvalue weighted by Gasteiger charge is 2.15. The molecule has 0 aliphatic carbocycles. The fourth-order valence-electron chi connectivity index (χ4n) is 2.20. The fraction of sp³-hybridized carbons (Fsp3) is 0.0625. The quantitative estimate of drug-likeness (QED) is 0.340. The van der Waals surface area contributed by atoms with Crippen molar-refractivity contribution in [1.82, 2.24) is 9.71 Å². The molecule has 0 saturated carbocycles. The Balaban J connectivity index is 2.12. The Labute approximate surface area is 125 Å². The number of rotatable bonds is 2. The Morgan fingerprint density at radius 3 is 2.59 bits per heavy atom. The van der Waals surface area contributed by atoms with Crippen LogP contribution < -0.4 is 0 Å². The second kappa shape index (κ2) is 5.22. The summed E-state index contributed by atoms with van der Waals surface area (Å²) in [6.45, 7) is 1.76. The molecule has 0 unspecified atom stereocenters. The lowest BCUT2D eigenvalue weighted by atomic mass is 10.1. The predicted molar refractivity (Wildman–Crippen MR) is 81.6 cm³/mol. The summed E-state index contributed by atoms with van der Waals surface area (Å²) in [5.41, 5.74) is 2.25. The van der Waals surface area contributed by atoms with E-state index < -0.39 is 4.92 Å². The van der Waals surface area contributed by atoms with E-state index in [4.69, 9.17) is 0 Å². The van der Waals surface area contributed by atoms with Crippen molar-refractivity contribution in [3.05, 3.63) is 58.1 Å². The van der Waals surface area contributed by atoms with Crippen LogP contribution >= 0.6 is 0 Å². The second-order valence-electron chi connectivity index (χ2n) is 4.63. The SMILES string of the molecule is CC#Cc1ccc(-c2nc3ccc([N+](=O)[O-])cc3n2O)cc1. The molecule has 1 heterocycles. The summed E-state index contributed by atoms with van der Waals surface area (Å²) in [5, 5.41) is 21.0. The lowest BCUT2D eigenvalue weighted by Gasteiger charge is -2.01. The first-order chi connectivity index (χ1) is 10.6. The van der Waals surface area contributed by atoms with Crippen LogP contribution in [0.25, 0.3) is 22.4 Å². The van der Waals surface area contributed by atoms with Crippen molar-refractivity contribution in [3.8, 4) is 23.2 Å². The third-order valence-corrected chi connectivity index (χ3v) is 3.24. The van der Waals surface area contributed by atoms with E-state index in [2.05, 4.69) is 16.8 Å². The average Bonchev–Trinajstić information content (AvgIpc) is 2.85. The summed E-state index contributed by atoms with van der Waals surface area (Å²) in [7, 11) is 0. The summed E-state index contributed by atoms with van der Waals surface area (Å²) in [5.74, 6) is 6.07. The highest BCUT2D eigenvalue weighted by atomic mass is 16.6. The zero-order valence-corrected chi connectivity index (χ0v) is 11.6. The molecular weight excluding hydrogens is 282 g/mol. The number of fused-ring (bicyclic) bond motifs is 1. The molecule has 0 radical (unpaired) electrons. The molecule has 1 N–H and O–H groups in total. The van der Waals surface area contributed by atoms with Crippen molar-refractivity contribution in [2.45, 2.75) is 6.92 Å². The van der Waals surface area contributed by atoms with E-state index in [9.17, 15) is 15.3 Å². The maximum absolute atomic E-state index is 10.8. The standard InChI is InChI=1S/C16H11N3O3/c1-2-3-11-4-6-12(7-5-11)16-17-14-9-8-13(19(21)22)10-15(14)18(16)20/h4-10,20H,1H3. The van der Waals surface area contributed by atoms with E-state index in [1.165, 1.54) is 18.2 Å². The van der Waals surface area contributed by atoms with Crippen LogP contribution in [0.5, 0.6) is 0 Å². The molecule has 3 aromatic rings. The van der Waals surface area contributed by atoms with Gasteiger partial charge in [-0.2, -0.15) is 4.73 Å². The zero-order valence-electron chi connectivity index (χ0n) is 11.6. The normalized spacial score (nSPS) is 10.2. The molecule has 0 fully saturated rings. The number of hydrogen-bond acceptors (Lipinski definition) is 4. The number of hydrogen-bond donors (Lipinski definition) is 1. The summed E-state index contributed by atoms with van der Waals surface area (Å²) in [6.07, 6.45) is 0. The summed E-state index contributed by atoms with van der Waals surface area (Å²) in [6, 6.07) is 11.4. The van der Waals surface area contributed by atoms with Crippen LogP contribution in [0.2, 0.25) is 0 Å². The average molecular weight is 293 g/mol. The number of imidazole rings is 1. The fourth-order valence-corrected chi connectivity index (χ4v) is 2.20. The second-order valence-corrected chi connectivity index (χ2v) is 4.63. The number of benzene rings is 2. The third-order valence-electron chi connectivity index (χ3n) is 3.24. The molecule has 22 heavy (non-hydrogen) atoms. The van der Waals surface area contributed by atoms with Gasteiger partial charge in [0.05, 0.1) is 10.4 Å². The van der Waals surface area contributed by atoms with Crippen molar-refractivity contribution >= 4 is 16.7 Å².